The van der Waals surface area contributed by atoms with Crippen LogP contribution in [0.3, 0.4) is 0 Å². The summed E-state index contributed by atoms with van der Waals surface area (Å²) in [6, 6.07) is 0. The van der Waals surface area contributed by atoms with E-state index in [9.17, 15) is 36.4 Å². The van der Waals surface area contributed by atoms with E-state index in [0.29, 0.717) is 38.7 Å². The lowest BCUT2D eigenvalue weighted by atomic mass is 9.43. The van der Waals surface area contributed by atoms with Crippen molar-refractivity contribution < 1.29 is 59.9 Å². The molecule has 0 radical (unpaired) electrons. The van der Waals surface area contributed by atoms with Crippen LogP contribution in [0, 0.1) is 40.4 Å². The summed E-state index contributed by atoms with van der Waals surface area (Å²) in [5.41, 5.74) is -0.668. The van der Waals surface area contributed by atoms with Gasteiger partial charge < -0.3 is 18.9 Å². The molecule has 0 bridgehead atoms. The topological polar surface area (TPSA) is 160 Å². The standard InChI is InChI=1S/C28H39F2IO11S/c1-26-8-7-17(40-13-32)9-16(26)10-22(41-14-33)25-19-4-3-18(27(19,2)23(42-15-34)11-20(25)26)21(31)5-6-24(35)39-12-28(29,30)43(36,37)38/h13-23,25H,3-12H2,1-2H3,(H,36,37,38)/t16-,17?,18+,19-,20-,21+,22?,23?,25-,26-,27+/m0/s1. The van der Waals surface area contributed by atoms with Crippen LogP contribution in [0.5, 0.6) is 0 Å². The van der Waals surface area contributed by atoms with Crippen molar-refractivity contribution in [1.82, 2.24) is 0 Å². The van der Waals surface area contributed by atoms with Crippen molar-refractivity contribution in [3.63, 3.8) is 0 Å². The van der Waals surface area contributed by atoms with E-state index in [-0.39, 0.29) is 64.0 Å². The number of alkyl halides is 3. The van der Waals surface area contributed by atoms with Gasteiger partial charge >= 0.3 is 21.3 Å². The third-order valence-corrected chi connectivity index (χ3v) is 13.7. The maximum absolute atomic E-state index is 13.5. The molecule has 4 saturated carbocycles. The Balaban J connectivity index is 1.54. The quantitative estimate of drug-likeness (QED) is 0.0722. The number of carbonyl (C=O) groups is 4. The van der Waals surface area contributed by atoms with Crippen molar-refractivity contribution in [2.24, 2.45) is 40.4 Å². The van der Waals surface area contributed by atoms with Gasteiger partial charge in [0.25, 0.3) is 19.4 Å². The number of halogens is 3. The molecule has 4 fully saturated rings. The molecule has 0 aromatic heterocycles. The predicted octanol–water partition coefficient (Wildman–Crippen LogP) is 4.10. The van der Waals surface area contributed by atoms with Crippen LogP contribution in [-0.4, -0.2) is 72.5 Å². The Morgan fingerprint density at radius 1 is 1.02 bits per heavy atom. The van der Waals surface area contributed by atoms with E-state index in [4.69, 9.17) is 18.8 Å². The number of ether oxygens (including phenoxy) is 4. The molecule has 0 amide bonds. The second-order valence-corrected chi connectivity index (χ2v) is 16.1. The first-order chi connectivity index (χ1) is 20.1. The van der Waals surface area contributed by atoms with Crippen LogP contribution in [0.4, 0.5) is 8.78 Å². The Labute approximate surface area is 263 Å². The highest BCUT2D eigenvalue weighted by Gasteiger charge is 2.67. The van der Waals surface area contributed by atoms with Gasteiger partial charge in [0.1, 0.15) is 18.3 Å². The molecule has 0 spiro atoms. The molecule has 0 heterocycles. The van der Waals surface area contributed by atoms with E-state index >= 15 is 0 Å². The van der Waals surface area contributed by atoms with Gasteiger partial charge in [0.05, 0.1) is 0 Å². The SMILES string of the molecule is C[C@]12CCC(OC=O)C[C@H]1CC(OC=O)[C@@H]1[C@@H]2CC(OC=O)[C@]2(C)[C@@H]([C@H](I)CCC(=O)OCC(F)(F)S(=O)(=O)O)CC[C@@H]12. The summed E-state index contributed by atoms with van der Waals surface area (Å²) in [5.74, 6) is -0.781. The number of hydrogen-bond donors (Lipinski definition) is 1. The van der Waals surface area contributed by atoms with Crippen molar-refractivity contribution in [3.8, 4) is 0 Å². The van der Waals surface area contributed by atoms with E-state index in [0.717, 1.165) is 25.7 Å². The van der Waals surface area contributed by atoms with Crippen LogP contribution in [0.1, 0.15) is 71.6 Å². The Bertz CT molecular complexity index is 1170. The van der Waals surface area contributed by atoms with E-state index < -0.39 is 39.5 Å². The van der Waals surface area contributed by atoms with Gasteiger partial charge in [0.15, 0.2) is 6.61 Å². The molecule has 244 valence electrons. The van der Waals surface area contributed by atoms with E-state index in [1.165, 1.54) is 0 Å². The van der Waals surface area contributed by atoms with Crippen LogP contribution in [0.2, 0.25) is 0 Å². The molecule has 3 unspecified atom stereocenters. The summed E-state index contributed by atoms with van der Waals surface area (Å²) in [5, 5.41) is -4.60. The second-order valence-electron chi connectivity index (χ2n) is 13.0. The first-order valence-electron chi connectivity index (χ1n) is 14.6. The predicted molar refractivity (Wildman–Crippen MR) is 153 cm³/mol. The van der Waals surface area contributed by atoms with Gasteiger partial charge in [-0.05, 0) is 80.5 Å². The van der Waals surface area contributed by atoms with E-state index in [1.54, 1.807) is 0 Å². The first-order valence-corrected chi connectivity index (χ1v) is 17.2. The van der Waals surface area contributed by atoms with Gasteiger partial charge in [0, 0.05) is 21.7 Å². The number of fused-ring (bicyclic) bond motifs is 5. The summed E-state index contributed by atoms with van der Waals surface area (Å²) in [4.78, 5) is 46.7. The van der Waals surface area contributed by atoms with Crippen molar-refractivity contribution in [3.05, 3.63) is 0 Å². The zero-order valence-electron chi connectivity index (χ0n) is 24.1. The minimum atomic E-state index is -5.72. The Morgan fingerprint density at radius 2 is 1.70 bits per heavy atom. The fourth-order valence-corrected chi connectivity index (χ4v) is 10.8. The second kappa shape index (κ2) is 13.0. The molecule has 0 aliphatic heterocycles. The van der Waals surface area contributed by atoms with Gasteiger partial charge in [-0.2, -0.15) is 17.2 Å². The largest absolute Gasteiger partial charge is 0.465 e. The molecule has 1 N–H and O–H groups in total. The lowest BCUT2D eigenvalue weighted by Crippen LogP contribution is -2.63. The summed E-state index contributed by atoms with van der Waals surface area (Å²) in [7, 11) is -5.72. The van der Waals surface area contributed by atoms with Crippen LogP contribution in [0.15, 0.2) is 0 Å². The summed E-state index contributed by atoms with van der Waals surface area (Å²) in [6.07, 6.45) is 3.94. The highest BCUT2D eigenvalue weighted by Crippen LogP contribution is 2.69. The Morgan fingerprint density at radius 3 is 2.33 bits per heavy atom. The molecule has 4 aliphatic rings. The van der Waals surface area contributed by atoms with Crippen LogP contribution in [-0.2, 0) is 48.2 Å². The summed E-state index contributed by atoms with van der Waals surface area (Å²) < 4.78 is 78.4. The highest BCUT2D eigenvalue weighted by molar-refractivity contribution is 14.1. The van der Waals surface area contributed by atoms with Crippen molar-refractivity contribution >= 4 is 58.1 Å². The minimum absolute atomic E-state index is 0.00715. The molecule has 4 aliphatic carbocycles. The molecule has 43 heavy (non-hydrogen) atoms. The minimum Gasteiger partial charge on any atom is -0.465 e. The van der Waals surface area contributed by atoms with Gasteiger partial charge in [-0.15, -0.1) is 0 Å². The lowest BCUT2D eigenvalue weighted by molar-refractivity contribution is -0.216. The smallest absolute Gasteiger partial charge is 0.402 e. The monoisotopic (exact) mass is 748 g/mol. The zero-order valence-corrected chi connectivity index (χ0v) is 27.0. The summed E-state index contributed by atoms with van der Waals surface area (Å²) >= 11 is 2.22. The van der Waals surface area contributed by atoms with Gasteiger partial charge in [-0.25, -0.2) is 0 Å². The summed E-state index contributed by atoms with van der Waals surface area (Å²) in [6.45, 7) is 3.98. The van der Waals surface area contributed by atoms with E-state index in [1.807, 2.05) is 0 Å². The third kappa shape index (κ3) is 6.40. The van der Waals surface area contributed by atoms with Gasteiger partial charge in [-0.3, -0.25) is 23.7 Å². The molecule has 0 aromatic carbocycles. The van der Waals surface area contributed by atoms with Crippen molar-refractivity contribution in [2.75, 3.05) is 6.61 Å². The number of esters is 1. The number of hydrogen-bond acceptors (Lipinski definition) is 10. The fraction of sp³-hybridized carbons (Fsp3) is 0.857. The van der Waals surface area contributed by atoms with Crippen LogP contribution < -0.4 is 0 Å². The first kappa shape index (κ1) is 34.3. The van der Waals surface area contributed by atoms with E-state index in [2.05, 4.69) is 41.2 Å². The number of rotatable bonds is 13. The number of carbonyl (C=O) groups excluding carboxylic acids is 4. The van der Waals surface area contributed by atoms with Crippen molar-refractivity contribution in [2.45, 2.75) is 99.1 Å². The zero-order chi connectivity index (χ0) is 31.8. The molecule has 11 atom stereocenters. The Hall–Kier alpha value is -1.62. The molecular formula is C28H39F2IO11S. The maximum Gasteiger partial charge on any atom is 0.402 e. The van der Waals surface area contributed by atoms with Gasteiger partial charge in [-0.1, -0.05) is 36.4 Å². The van der Waals surface area contributed by atoms with Gasteiger partial charge in [0.2, 0.25) is 0 Å². The molecule has 0 aromatic rings. The molecule has 15 heteroatoms. The van der Waals surface area contributed by atoms with Crippen LogP contribution >= 0.6 is 22.6 Å². The normalized spacial score (nSPS) is 39.7. The average molecular weight is 749 g/mol. The molecule has 4 rings (SSSR count). The molecule has 11 nitrogen and oxygen atoms in total. The average Bonchev–Trinajstić information content (AvgIpc) is 3.29. The maximum atomic E-state index is 13.5. The lowest BCUT2D eigenvalue weighted by Gasteiger charge is -2.63. The fourth-order valence-electron chi connectivity index (χ4n) is 9.19. The van der Waals surface area contributed by atoms with Crippen LogP contribution in [0.25, 0.3) is 0 Å². The molecular weight excluding hydrogens is 709 g/mol. The Kier molecular flexibility index (Phi) is 10.4. The highest BCUT2D eigenvalue weighted by atomic mass is 127. The molecule has 0 saturated heterocycles. The van der Waals surface area contributed by atoms with Crippen molar-refractivity contribution in [1.29, 1.82) is 0 Å². The third-order valence-electron chi connectivity index (χ3n) is 11.3.